The molecule has 0 spiro atoms. The van der Waals surface area contributed by atoms with Crippen molar-refractivity contribution in [3.8, 4) is 0 Å². The van der Waals surface area contributed by atoms with Crippen LogP contribution in [-0.2, 0) is 15.7 Å². The van der Waals surface area contributed by atoms with Gasteiger partial charge in [-0.25, -0.2) is 22.8 Å². The molecule has 25 heavy (non-hydrogen) atoms. The van der Waals surface area contributed by atoms with Crippen molar-refractivity contribution in [2.75, 3.05) is 6.26 Å². The first-order valence-corrected chi connectivity index (χ1v) is 9.58. The van der Waals surface area contributed by atoms with Crippen molar-refractivity contribution >= 4 is 47.2 Å². The number of hydrogen-bond acceptors (Lipinski definition) is 5. The molecular formula is C15H17ClF2N2O3S2. The predicted octanol–water partition coefficient (Wildman–Crippen LogP) is 4.74. The summed E-state index contributed by atoms with van der Waals surface area (Å²) in [5.74, 6) is -2.24. The van der Waals surface area contributed by atoms with Crippen LogP contribution in [0.1, 0.15) is 20.8 Å². The van der Waals surface area contributed by atoms with Crippen LogP contribution in [0.15, 0.2) is 33.2 Å². The molecule has 0 aliphatic rings. The molecule has 0 saturated heterocycles. The van der Waals surface area contributed by atoms with Crippen molar-refractivity contribution < 1.29 is 22.5 Å². The highest BCUT2D eigenvalue weighted by atomic mass is 35.5. The average molecular weight is 411 g/mol. The fourth-order valence-corrected chi connectivity index (χ4v) is 3.32. The molecule has 10 heteroatoms. The molecule has 1 aromatic carbocycles. The van der Waals surface area contributed by atoms with Gasteiger partial charge in [0.05, 0.1) is 9.92 Å². The number of rotatable bonds is 5. The van der Waals surface area contributed by atoms with Crippen molar-refractivity contribution in [2.45, 2.75) is 31.3 Å². The summed E-state index contributed by atoms with van der Waals surface area (Å²) in [6, 6.07) is 1.33. The second-order valence-corrected chi connectivity index (χ2v) is 8.01. The third kappa shape index (κ3) is 5.79. The van der Waals surface area contributed by atoms with Gasteiger partial charge in [-0.1, -0.05) is 11.6 Å². The van der Waals surface area contributed by atoms with Crippen LogP contribution in [0.2, 0.25) is 5.02 Å². The van der Waals surface area contributed by atoms with E-state index in [2.05, 4.69) is 11.7 Å². The normalized spacial score (nSPS) is 13.3. The van der Waals surface area contributed by atoms with E-state index in [1.165, 1.54) is 5.41 Å². The quantitative estimate of drug-likeness (QED) is 0.519. The first-order valence-electron chi connectivity index (χ1n) is 6.81. The highest BCUT2D eigenvalue weighted by Crippen LogP contribution is 2.27. The molecule has 0 saturated carbocycles. The van der Waals surface area contributed by atoms with Gasteiger partial charge in [0.25, 0.3) is 0 Å². The largest absolute Gasteiger partial charge is 0.443 e. The lowest BCUT2D eigenvalue weighted by Crippen LogP contribution is -2.37. The fourth-order valence-electron chi connectivity index (χ4n) is 1.54. The molecule has 5 nitrogen and oxygen atoms in total. The second kappa shape index (κ2) is 8.77. The minimum Gasteiger partial charge on any atom is -0.443 e. The van der Waals surface area contributed by atoms with Gasteiger partial charge in [-0.05, 0) is 39.8 Å². The van der Waals surface area contributed by atoms with Crippen molar-refractivity contribution in [3.05, 3.63) is 40.0 Å². The van der Waals surface area contributed by atoms with Gasteiger partial charge in [0.2, 0.25) is 0 Å². The molecular weight excluding hydrogens is 394 g/mol. The second-order valence-electron chi connectivity index (χ2n) is 5.59. The molecule has 0 aliphatic carbocycles. The van der Waals surface area contributed by atoms with Gasteiger partial charge in [-0.3, -0.25) is 0 Å². The van der Waals surface area contributed by atoms with Crippen LogP contribution >= 0.6 is 23.4 Å². The Balaban J connectivity index is 3.44. The number of nitrogens with zero attached hydrogens (tertiary/aromatic N) is 2. The van der Waals surface area contributed by atoms with E-state index >= 15 is 0 Å². The number of amides is 1. The topological polar surface area (TPSA) is 59.0 Å². The van der Waals surface area contributed by atoms with E-state index in [4.69, 9.17) is 16.3 Å². The summed E-state index contributed by atoms with van der Waals surface area (Å²) < 4.78 is 46.0. The molecule has 0 aliphatic heterocycles. The van der Waals surface area contributed by atoms with E-state index in [0.29, 0.717) is 10.4 Å². The predicted molar refractivity (Wildman–Crippen MR) is 97.0 cm³/mol. The summed E-state index contributed by atoms with van der Waals surface area (Å²) in [6.45, 7) is 8.15. The summed E-state index contributed by atoms with van der Waals surface area (Å²) in [5, 5.41) is 0.952. The van der Waals surface area contributed by atoms with E-state index in [1.54, 1.807) is 27.0 Å². The van der Waals surface area contributed by atoms with Crippen LogP contribution in [0.5, 0.6) is 0 Å². The molecule has 1 unspecified atom stereocenters. The Morgan fingerprint density at radius 2 is 2.00 bits per heavy atom. The number of ether oxygens (including phenoxy) is 1. The van der Waals surface area contributed by atoms with Gasteiger partial charge in [0.15, 0.2) is 16.8 Å². The number of thioether (sulfide) groups is 1. The molecule has 1 atom stereocenters. The smallest absolute Gasteiger partial charge is 0.428 e. The zero-order chi connectivity index (χ0) is 19.4. The lowest BCUT2D eigenvalue weighted by Gasteiger charge is -2.26. The Bertz CT molecular complexity index is 736. The maximum absolute atomic E-state index is 14.1. The summed E-state index contributed by atoms with van der Waals surface area (Å²) in [4.78, 5) is 15.6. The number of carbonyl (C=O) groups excluding carboxylic acids is 1. The Morgan fingerprint density at radius 3 is 2.48 bits per heavy atom. The highest BCUT2D eigenvalue weighted by Gasteiger charge is 2.32. The number of aliphatic imine (C=N–C) groups is 1. The van der Waals surface area contributed by atoms with Crippen molar-refractivity contribution in [1.82, 2.24) is 4.31 Å². The summed E-state index contributed by atoms with van der Waals surface area (Å²) >= 11 is 6.79. The zero-order valence-corrected chi connectivity index (χ0v) is 16.4. The Labute approximate surface area is 156 Å². The van der Waals surface area contributed by atoms with E-state index < -0.39 is 44.2 Å². The number of benzene rings is 1. The lowest BCUT2D eigenvalue weighted by atomic mass is 10.2. The summed E-state index contributed by atoms with van der Waals surface area (Å²) in [6.07, 6.45) is 0.648. The SMILES string of the molecule is C=N/C(=C\SC)N(C(=O)OC(C)(C)C)S(=O)c1cc(Cl)c(F)cc1F. The van der Waals surface area contributed by atoms with Gasteiger partial charge < -0.3 is 4.74 Å². The highest BCUT2D eigenvalue weighted by molar-refractivity contribution is 8.01. The van der Waals surface area contributed by atoms with Crippen molar-refractivity contribution in [2.24, 2.45) is 4.99 Å². The number of hydrogen-bond donors (Lipinski definition) is 0. The van der Waals surface area contributed by atoms with Crippen LogP contribution in [0.4, 0.5) is 13.6 Å². The van der Waals surface area contributed by atoms with Crippen molar-refractivity contribution in [3.63, 3.8) is 0 Å². The lowest BCUT2D eigenvalue weighted by molar-refractivity contribution is 0.0434. The Morgan fingerprint density at radius 1 is 1.40 bits per heavy atom. The van der Waals surface area contributed by atoms with E-state index in [1.807, 2.05) is 0 Å². The first kappa shape index (κ1) is 21.6. The van der Waals surface area contributed by atoms with Crippen molar-refractivity contribution in [1.29, 1.82) is 0 Å². The van der Waals surface area contributed by atoms with Crippen LogP contribution in [-0.4, -0.2) is 33.2 Å². The zero-order valence-electron chi connectivity index (χ0n) is 14.0. The first-order chi connectivity index (χ1) is 11.5. The molecule has 0 heterocycles. The monoisotopic (exact) mass is 410 g/mol. The third-order valence-electron chi connectivity index (χ3n) is 2.48. The summed E-state index contributed by atoms with van der Waals surface area (Å²) in [7, 11) is -2.43. The minimum absolute atomic E-state index is 0.111. The molecule has 1 aromatic rings. The van der Waals surface area contributed by atoms with Crippen LogP contribution in [0, 0.1) is 11.6 Å². The number of carbonyl (C=O) groups is 1. The van der Waals surface area contributed by atoms with Crippen LogP contribution < -0.4 is 0 Å². The maximum Gasteiger partial charge on any atom is 0.428 e. The van der Waals surface area contributed by atoms with E-state index in [-0.39, 0.29) is 5.82 Å². The van der Waals surface area contributed by atoms with Gasteiger partial charge in [-0.15, -0.1) is 11.8 Å². The minimum atomic E-state index is -2.43. The average Bonchev–Trinajstić information content (AvgIpc) is 2.48. The van der Waals surface area contributed by atoms with Gasteiger partial charge in [-0.2, -0.15) is 4.31 Å². The van der Waals surface area contributed by atoms with Gasteiger partial charge >= 0.3 is 6.09 Å². The standard InChI is InChI=1S/C15H17ClF2N2O3S2/c1-15(2,3)23-14(21)20(13(19-4)8-24-5)25(22)12-6-9(16)10(17)7-11(12)18/h6-8H,4H2,1-3,5H3/b13-8+. The molecule has 0 bridgehead atoms. The summed E-state index contributed by atoms with van der Waals surface area (Å²) in [5.41, 5.74) is -0.899. The molecule has 1 amide bonds. The molecule has 0 fully saturated rings. The maximum atomic E-state index is 14.1. The molecule has 1 rings (SSSR count). The molecule has 0 N–H and O–H groups in total. The van der Waals surface area contributed by atoms with Crippen LogP contribution in [0.25, 0.3) is 0 Å². The van der Waals surface area contributed by atoms with E-state index in [0.717, 1.165) is 17.8 Å². The Hall–Kier alpha value is -1.45. The number of halogens is 3. The van der Waals surface area contributed by atoms with E-state index in [9.17, 15) is 17.8 Å². The van der Waals surface area contributed by atoms with Gasteiger partial charge in [0, 0.05) is 11.5 Å². The third-order valence-corrected chi connectivity index (χ3v) is 4.57. The molecule has 0 radical (unpaired) electrons. The van der Waals surface area contributed by atoms with Gasteiger partial charge in [0.1, 0.15) is 17.2 Å². The fraction of sp³-hybridized carbons (Fsp3) is 0.333. The van der Waals surface area contributed by atoms with Crippen LogP contribution in [0.3, 0.4) is 0 Å². The molecule has 138 valence electrons. The Kier molecular flexibility index (Phi) is 7.58. The molecule has 0 aromatic heterocycles.